The van der Waals surface area contributed by atoms with Crippen LogP contribution in [0.4, 0.5) is 0 Å². The molecule has 2 aliphatic carbocycles. The number of hydrogen-bond donors (Lipinski definition) is 0. The molecule has 0 atom stereocenters. The zero-order valence-corrected chi connectivity index (χ0v) is 12.8. The summed E-state index contributed by atoms with van der Waals surface area (Å²) in [5.41, 5.74) is 0.153. The first-order valence-electron chi connectivity index (χ1n) is 8.19. The van der Waals surface area contributed by atoms with Gasteiger partial charge in [-0.15, -0.1) is 0 Å². The molecule has 21 heavy (non-hydrogen) atoms. The van der Waals surface area contributed by atoms with Crippen molar-refractivity contribution in [2.24, 2.45) is 0 Å². The van der Waals surface area contributed by atoms with E-state index in [0.717, 1.165) is 49.8 Å². The maximum Gasteiger partial charge on any atom is 0.194 e. The highest BCUT2D eigenvalue weighted by molar-refractivity contribution is 6.02. The Hall–Kier alpha value is -1.35. The summed E-state index contributed by atoms with van der Waals surface area (Å²) < 4.78 is 11.6. The van der Waals surface area contributed by atoms with Gasteiger partial charge in [-0.05, 0) is 56.9 Å². The molecular weight excluding hydrogens is 264 g/mol. The Balaban J connectivity index is 1.74. The van der Waals surface area contributed by atoms with E-state index in [1.54, 1.807) is 0 Å². The van der Waals surface area contributed by atoms with Crippen LogP contribution in [0.5, 0.6) is 5.75 Å². The van der Waals surface area contributed by atoms with E-state index in [-0.39, 0.29) is 5.78 Å². The summed E-state index contributed by atoms with van der Waals surface area (Å²) in [6.07, 6.45) is 7.74. The number of carbonyl (C=O) groups is 1. The molecule has 0 unspecified atom stereocenters. The van der Waals surface area contributed by atoms with E-state index >= 15 is 0 Å². The standard InChI is InChI=1S/C18H24O3/c1-2-20-18(12-4-3-5-13-18)17(19)14-6-8-15(9-7-14)21-16-10-11-16/h6-9,16H,2-5,10-13H2,1H3. The summed E-state index contributed by atoms with van der Waals surface area (Å²) in [4.78, 5) is 12.9. The molecule has 3 heteroatoms. The molecule has 3 rings (SSSR count). The van der Waals surface area contributed by atoms with E-state index in [1.807, 2.05) is 31.2 Å². The van der Waals surface area contributed by atoms with Gasteiger partial charge < -0.3 is 9.47 Å². The minimum absolute atomic E-state index is 0.141. The third kappa shape index (κ3) is 3.29. The van der Waals surface area contributed by atoms with Crippen LogP contribution in [0, 0.1) is 0 Å². The van der Waals surface area contributed by atoms with E-state index in [4.69, 9.17) is 9.47 Å². The van der Waals surface area contributed by atoms with Gasteiger partial charge in [-0.1, -0.05) is 19.3 Å². The van der Waals surface area contributed by atoms with Crippen molar-refractivity contribution in [1.82, 2.24) is 0 Å². The molecule has 1 aromatic carbocycles. The first kappa shape index (κ1) is 14.6. The fourth-order valence-corrected chi connectivity index (χ4v) is 3.16. The molecule has 0 radical (unpaired) electrons. The molecule has 0 heterocycles. The molecule has 1 aromatic rings. The molecule has 0 amide bonds. The third-order valence-corrected chi connectivity index (χ3v) is 4.44. The molecule has 0 bridgehead atoms. The SMILES string of the molecule is CCOC1(C(=O)c2ccc(OC3CC3)cc2)CCCCC1. The van der Waals surface area contributed by atoms with E-state index in [0.29, 0.717) is 12.7 Å². The Bertz CT molecular complexity index is 476. The van der Waals surface area contributed by atoms with Crippen molar-refractivity contribution >= 4 is 5.78 Å². The van der Waals surface area contributed by atoms with Crippen LogP contribution in [0.15, 0.2) is 24.3 Å². The van der Waals surface area contributed by atoms with Gasteiger partial charge in [0.2, 0.25) is 0 Å². The second-order valence-electron chi connectivity index (χ2n) is 6.16. The molecule has 0 N–H and O–H groups in total. The van der Waals surface area contributed by atoms with Crippen molar-refractivity contribution in [3.8, 4) is 5.75 Å². The summed E-state index contributed by atoms with van der Waals surface area (Å²) >= 11 is 0. The zero-order chi connectivity index (χ0) is 14.7. The molecule has 2 fully saturated rings. The van der Waals surface area contributed by atoms with Gasteiger partial charge in [0.1, 0.15) is 11.4 Å². The molecular formula is C18H24O3. The molecule has 0 spiro atoms. The lowest BCUT2D eigenvalue weighted by atomic mass is 9.79. The molecule has 114 valence electrons. The largest absolute Gasteiger partial charge is 0.490 e. The summed E-state index contributed by atoms with van der Waals surface area (Å²) in [7, 11) is 0. The number of carbonyl (C=O) groups excluding carboxylic acids is 1. The smallest absolute Gasteiger partial charge is 0.194 e. The topological polar surface area (TPSA) is 35.5 Å². The normalized spacial score (nSPS) is 21.0. The Kier molecular flexibility index (Phi) is 4.29. The van der Waals surface area contributed by atoms with Crippen molar-refractivity contribution in [1.29, 1.82) is 0 Å². The van der Waals surface area contributed by atoms with E-state index in [1.165, 1.54) is 6.42 Å². The molecule has 2 aliphatic rings. The van der Waals surface area contributed by atoms with Crippen molar-refractivity contribution in [3.05, 3.63) is 29.8 Å². The van der Waals surface area contributed by atoms with Gasteiger partial charge >= 0.3 is 0 Å². The number of benzene rings is 1. The van der Waals surface area contributed by atoms with Crippen LogP contribution in [0.25, 0.3) is 0 Å². The second kappa shape index (κ2) is 6.18. The first-order valence-corrected chi connectivity index (χ1v) is 8.19. The lowest BCUT2D eigenvalue weighted by Crippen LogP contribution is -2.43. The number of ether oxygens (including phenoxy) is 2. The van der Waals surface area contributed by atoms with Gasteiger partial charge in [-0.3, -0.25) is 4.79 Å². The Morgan fingerprint density at radius 1 is 1.14 bits per heavy atom. The van der Waals surface area contributed by atoms with Gasteiger partial charge in [-0.2, -0.15) is 0 Å². The second-order valence-corrected chi connectivity index (χ2v) is 6.16. The summed E-state index contributed by atoms with van der Waals surface area (Å²) in [6.45, 7) is 2.56. The number of hydrogen-bond acceptors (Lipinski definition) is 3. The molecule has 2 saturated carbocycles. The van der Waals surface area contributed by atoms with E-state index < -0.39 is 5.60 Å². The number of ketones is 1. The third-order valence-electron chi connectivity index (χ3n) is 4.44. The van der Waals surface area contributed by atoms with E-state index in [2.05, 4.69) is 0 Å². The van der Waals surface area contributed by atoms with Crippen LogP contribution in [0.1, 0.15) is 62.2 Å². The maximum atomic E-state index is 12.9. The highest BCUT2D eigenvalue weighted by atomic mass is 16.5. The summed E-state index contributed by atoms with van der Waals surface area (Å²) in [6, 6.07) is 7.59. The Morgan fingerprint density at radius 3 is 2.38 bits per heavy atom. The fraction of sp³-hybridized carbons (Fsp3) is 0.611. The van der Waals surface area contributed by atoms with E-state index in [9.17, 15) is 4.79 Å². The molecule has 0 aliphatic heterocycles. The monoisotopic (exact) mass is 288 g/mol. The zero-order valence-electron chi connectivity index (χ0n) is 12.8. The van der Waals surface area contributed by atoms with Gasteiger partial charge in [-0.25, -0.2) is 0 Å². The minimum atomic E-state index is -0.591. The van der Waals surface area contributed by atoms with Crippen LogP contribution < -0.4 is 4.74 Å². The van der Waals surface area contributed by atoms with Crippen molar-refractivity contribution in [3.63, 3.8) is 0 Å². The first-order chi connectivity index (χ1) is 10.2. The number of Topliss-reactive ketones (excluding diaryl/α,β-unsaturated/α-hetero) is 1. The van der Waals surface area contributed by atoms with Crippen LogP contribution >= 0.6 is 0 Å². The lowest BCUT2D eigenvalue weighted by Gasteiger charge is -2.35. The fourth-order valence-electron chi connectivity index (χ4n) is 3.16. The number of rotatable bonds is 6. The molecule has 3 nitrogen and oxygen atoms in total. The van der Waals surface area contributed by atoms with Gasteiger partial charge in [0.05, 0.1) is 6.10 Å². The summed E-state index contributed by atoms with van der Waals surface area (Å²) in [5, 5.41) is 0. The molecule has 0 saturated heterocycles. The highest BCUT2D eigenvalue weighted by Gasteiger charge is 2.40. The Labute approximate surface area is 126 Å². The molecule has 0 aromatic heterocycles. The van der Waals surface area contributed by atoms with Crippen LogP contribution in [-0.2, 0) is 4.74 Å². The highest BCUT2D eigenvalue weighted by Crippen LogP contribution is 2.35. The average molecular weight is 288 g/mol. The predicted octanol–water partition coefficient (Wildman–Crippen LogP) is 4.15. The van der Waals surface area contributed by atoms with Gasteiger partial charge in [0.15, 0.2) is 5.78 Å². The van der Waals surface area contributed by atoms with Crippen LogP contribution in [0.3, 0.4) is 0 Å². The summed E-state index contributed by atoms with van der Waals surface area (Å²) in [5.74, 6) is 1.00. The minimum Gasteiger partial charge on any atom is -0.490 e. The van der Waals surface area contributed by atoms with Crippen molar-refractivity contribution in [2.75, 3.05) is 6.61 Å². The van der Waals surface area contributed by atoms with Gasteiger partial charge in [0.25, 0.3) is 0 Å². The van der Waals surface area contributed by atoms with Crippen molar-refractivity contribution in [2.45, 2.75) is 63.6 Å². The predicted molar refractivity (Wildman–Crippen MR) is 81.9 cm³/mol. The van der Waals surface area contributed by atoms with Crippen LogP contribution in [0.2, 0.25) is 0 Å². The van der Waals surface area contributed by atoms with Crippen molar-refractivity contribution < 1.29 is 14.3 Å². The average Bonchev–Trinajstić information content (AvgIpc) is 3.33. The van der Waals surface area contributed by atoms with Gasteiger partial charge in [0, 0.05) is 12.2 Å². The lowest BCUT2D eigenvalue weighted by molar-refractivity contribution is -0.0411. The quantitative estimate of drug-likeness (QED) is 0.738. The Morgan fingerprint density at radius 2 is 1.81 bits per heavy atom. The maximum absolute atomic E-state index is 12.9. The van der Waals surface area contributed by atoms with Crippen LogP contribution in [-0.4, -0.2) is 24.1 Å².